The normalized spacial score (nSPS) is 19.7. The summed E-state index contributed by atoms with van der Waals surface area (Å²) in [6.07, 6.45) is 0.843. The number of rotatable bonds is 8. The average molecular weight is 562 g/mol. The van der Waals surface area contributed by atoms with Crippen LogP contribution in [0.5, 0.6) is 5.75 Å². The molecule has 0 spiro atoms. The number of hydrogen-bond acceptors (Lipinski definition) is 8. The zero-order chi connectivity index (χ0) is 27.9. The monoisotopic (exact) mass is 561 g/mol. The molecule has 2 fully saturated rings. The number of para-hydroxylation sites is 2. The van der Waals surface area contributed by atoms with Crippen molar-refractivity contribution in [3.63, 3.8) is 0 Å². The quantitative estimate of drug-likeness (QED) is 0.296. The van der Waals surface area contributed by atoms with Crippen molar-refractivity contribution in [2.75, 3.05) is 25.2 Å². The highest BCUT2D eigenvalue weighted by Crippen LogP contribution is 2.33. The van der Waals surface area contributed by atoms with Gasteiger partial charge in [-0.05, 0) is 73.5 Å². The van der Waals surface area contributed by atoms with Crippen LogP contribution in [0.25, 0.3) is 22.6 Å². The summed E-state index contributed by atoms with van der Waals surface area (Å²) in [6, 6.07) is 18.8. The highest BCUT2D eigenvalue weighted by Gasteiger charge is 2.47. The molecule has 2 atom stereocenters. The van der Waals surface area contributed by atoms with E-state index >= 15 is 0 Å². The zero-order valence-corrected chi connectivity index (χ0v) is 22.5. The number of sulfonamides is 1. The van der Waals surface area contributed by atoms with Gasteiger partial charge in [-0.15, -0.1) is 0 Å². The van der Waals surface area contributed by atoms with E-state index in [1.165, 1.54) is 19.2 Å². The van der Waals surface area contributed by atoms with Gasteiger partial charge >= 0.3 is 0 Å². The second kappa shape index (κ2) is 10.5. The van der Waals surface area contributed by atoms with E-state index in [1.54, 1.807) is 36.4 Å². The third-order valence-electron chi connectivity index (χ3n) is 7.21. The highest BCUT2D eigenvalue weighted by atomic mass is 32.2. The van der Waals surface area contributed by atoms with Gasteiger partial charge in [-0.3, -0.25) is 9.59 Å². The van der Waals surface area contributed by atoms with Crippen LogP contribution in [0.2, 0.25) is 0 Å². The minimum absolute atomic E-state index is 0.00711. The molecule has 3 heterocycles. The molecule has 6 rings (SSSR count). The van der Waals surface area contributed by atoms with Crippen LogP contribution in [-0.2, 0) is 24.3 Å². The molecular weight excluding hydrogens is 534 g/mol. The number of anilines is 1. The van der Waals surface area contributed by atoms with Crippen molar-refractivity contribution in [2.24, 2.45) is 0 Å². The van der Waals surface area contributed by atoms with E-state index in [0.29, 0.717) is 41.5 Å². The molecule has 0 aliphatic carbocycles. The molecular formula is C29H27N3O7S. The molecule has 206 valence electrons. The molecule has 2 amide bonds. The van der Waals surface area contributed by atoms with E-state index < -0.39 is 27.9 Å². The Morgan fingerprint density at radius 3 is 2.45 bits per heavy atom. The summed E-state index contributed by atoms with van der Waals surface area (Å²) in [6.45, 7) is 0.500. The predicted octanol–water partition coefficient (Wildman–Crippen LogP) is 4.01. The van der Waals surface area contributed by atoms with Crippen molar-refractivity contribution in [3.8, 4) is 17.2 Å². The summed E-state index contributed by atoms with van der Waals surface area (Å²) in [4.78, 5) is 32.4. The Kier molecular flexibility index (Phi) is 6.87. The molecule has 0 bridgehead atoms. The maximum absolute atomic E-state index is 13.8. The third-order valence-corrected chi connectivity index (χ3v) is 9.10. The summed E-state index contributed by atoms with van der Waals surface area (Å²) in [7, 11) is -2.65. The molecule has 0 N–H and O–H groups in total. The standard InChI is InChI=1S/C29H27N3O7S/c1-37-21-12-14-23(15-13-21)40(35,36)31(18-22-5-4-16-38-22)25-17-27(33)32(29(25)34)20-10-8-19(9-11-20)28-30-24-6-2-3-7-26(24)39-28/h2-3,6-15,22,25H,4-5,16-18H2,1H3. The van der Waals surface area contributed by atoms with Crippen molar-refractivity contribution in [2.45, 2.75) is 36.3 Å². The first-order valence-electron chi connectivity index (χ1n) is 13.0. The number of carbonyl (C=O) groups is 2. The number of hydrogen-bond donors (Lipinski definition) is 0. The van der Waals surface area contributed by atoms with Gasteiger partial charge in [0, 0.05) is 18.7 Å². The number of ether oxygens (including phenoxy) is 2. The van der Waals surface area contributed by atoms with Gasteiger partial charge in [-0.2, -0.15) is 4.31 Å². The van der Waals surface area contributed by atoms with Crippen LogP contribution >= 0.6 is 0 Å². The number of nitrogens with zero attached hydrogens (tertiary/aromatic N) is 3. The van der Waals surface area contributed by atoms with Gasteiger partial charge in [-0.1, -0.05) is 12.1 Å². The summed E-state index contributed by atoms with van der Waals surface area (Å²) in [5, 5.41) is 0. The number of oxazole rings is 1. The Bertz CT molecular complexity index is 1630. The fourth-order valence-corrected chi connectivity index (χ4v) is 6.74. The Balaban J connectivity index is 1.29. The molecule has 40 heavy (non-hydrogen) atoms. The van der Waals surface area contributed by atoms with Crippen LogP contribution < -0.4 is 9.64 Å². The summed E-state index contributed by atoms with van der Waals surface area (Å²) >= 11 is 0. The van der Waals surface area contributed by atoms with E-state index in [0.717, 1.165) is 21.1 Å². The summed E-state index contributed by atoms with van der Waals surface area (Å²) < 4.78 is 45.4. The first-order valence-corrected chi connectivity index (χ1v) is 14.4. The Morgan fingerprint density at radius 1 is 1.02 bits per heavy atom. The van der Waals surface area contributed by atoms with E-state index in [1.807, 2.05) is 24.3 Å². The Labute approximate surface area is 231 Å². The summed E-state index contributed by atoms with van der Waals surface area (Å²) in [5.41, 5.74) is 2.39. The molecule has 2 saturated heterocycles. The van der Waals surface area contributed by atoms with Gasteiger partial charge in [0.25, 0.3) is 5.91 Å². The van der Waals surface area contributed by atoms with E-state index in [4.69, 9.17) is 13.9 Å². The third kappa shape index (κ3) is 4.76. The van der Waals surface area contributed by atoms with Gasteiger partial charge in [0.1, 0.15) is 17.3 Å². The zero-order valence-electron chi connectivity index (χ0n) is 21.7. The lowest BCUT2D eigenvalue weighted by Crippen LogP contribution is -2.48. The first-order chi connectivity index (χ1) is 19.3. The molecule has 2 aliphatic heterocycles. The van der Waals surface area contributed by atoms with Gasteiger partial charge in [0.05, 0.1) is 30.2 Å². The fourth-order valence-electron chi connectivity index (χ4n) is 5.13. The maximum Gasteiger partial charge on any atom is 0.252 e. The molecule has 0 radical (unpaired) electrons. The number of aromatic nitrogens is 1. The van der Waals surface area contributed by atoms with Crippen LogP contribution in [0.3, 0.4) is 0 Å². The molecule has 3 aromatic carbocycles. The lowest BCUT2D eigenvalue weighted by atomic mass is 10.2. The predicted molar refractivity (Wildman–Crippen MR) is 146 cm³/mol. The van der Waals surface area contributed by atoms with Crippen LogP contribution in [-0.4, -0.2) is 61.9 Å². The SMILES string of the molecule is COc1ccc(S(=O)(=O)N(CC2CCCO2)C2CC(=O)N(c3ccc(-c4nc5ccccc5o4)cc3)C2=O)cc1. The molecule has 2 aliphatic rings. The number of amides is 2. The number of benzene rings is 3. The topological polar surface area (TPSA) is 119 Å². The van der Waals surface area contributed by atoms with Crippen LogP contribution in [0.4, 0.5) is 5.69 Å². The molecule has 0 saturated carbocycles. The summed E-state index contributed by atoms with van der Waals surface area (Å²) in [5.74, 6) is -0.163. The Hall–Kier alpha value is -4.06. The lowest BCUT2D eigenvalue weighted by molar-refractivity contribution is -0.122. The van der Waals surface area contributed by atoms with Gasteiger partial charge in [0.2, 0.25) is 21.8 Å². The van der Waals surface area contributed by atoms with E-state index in [2.05, 4.69) is 4.98 Å². The van der Waals surface area contributed by atoms with Crippen LogP contribution in [0, 0.1) is 0 Å². The maximum atomic E-state index is 13.8. The minimum Gasteiger partial charge on any atom is -0.497 e. The second-order valence-corrected chi connectivity index (χ2v) is 11.6. The highest BCUT2D eigenvalue weighted by molar-refractivity contribution is 7.89. The lowest BCUT2D eigenvalue weighted by Gasteiger charge is -2.29. The van der Waals surface area contributed by atoms with Crippen molar-refractivity contribution in [1.29, 1.82) is 0 Å². The van der Waals surface area contributed by atoms with Gasteiger partial charge in [0.15, 0.2) is 5.58 Å². The van der Waals surface area contributed by atoms with Crippen molar-refractivity contribution >= 4 is 38.6 Å². The van der Waals surface area contributed by atoms with Gasteiger partial charge < -0.3 is 13.9 Å². The molecule has 2 unspecified atom stereocenters. The fraction of sp³-hybridized carbons (Fsp3) is 0.276. The van der Waals surface area contributed by atoms with E-state index in [9.17, 15) is 18.0 Å². The van der Waals surface area contributed by atoms with Crippen LogP contribution in [0.15, 0.2) is 82.1 Å². The van der Waals surface area contributed by atoms with Gasteiger partial charge in [-0.25, -0.2) is 18.3 Å². The largest absolute Gasteiger partial charge is 0.497 e. The van der Waals surface area contributed by atoms with E-state index in [-0.39, 0.29) is 24.0 Å². The van der Waals surface area contributed by atoms with Crippen molar-refractivity contribution in [1.82, 2.24) is 9.29 Å². The molecule has 10 nitrogen and oxygen atoms in total. The minimum atomic E-state index is -4.14. The average Bonchev–Trinajstić information content (AvgIpc) is 3.71. The van der Waals surface area contributed by atoms with Crippen molar-refractivity contribution in [3.05, 3.63) is 72.8 Å². The van der Waals surface area contributed by atoms with Crippen LogP contribution in [0.1, 0.15) is 19.3 Å². The first kappa shape index (κ1) is 26.2. The number of fused-ring (bicyclic) bond motifs is 1. The molecule has 4 aromatic rings. The smallest absolute Gasteiger partial charge is 0.252 e. The number of imide groups is 1. The molecule has 1 aromatic heterocycles. The molecule has 11 heteroatoms. The number of methoxy groups -OCH3 is 1. The van der Waals surface area contributed by atoms with Crippen molar-refractivity contribution < 1.29 is 31.9 Å². The second-order valence-electron chi connectivity index (χ2n) is 9.71. The number of carbonyl (C=O) groups excluding carboxylic acids is 2. The Morgan fingerprint density at radius 2 is 1.77 bits per heavy atom.